The van der Waals surface area contributed by atoms with Crippen LogP contribution in [0.2, 0.25) is 0 Å². The summed E-state index contributed by atoms with van der Waals surface area (Å²) in [5.74, 6) is 1.64. The number of nitrogens with zero attached hydrogens (tertiary/aromatic N) is 1. The molecule has 4 heteroatoms. The smallest absolute Gasteiger partial charge is 0.140 e. The number of aromatic nitrogens is 2. The number of fused-ring (bicyclic) bond motifs is 1. The van der Waals surface area contributed by atoms with Crippen LogP contribution in [-0.2, 0) is 0 Å². The van der Waals surface area contributed by atoms with Crippen molar-refractivity contribution in [3.8, 4) is 17.2 Å². The molecule has 2 heterocycles. The molecule has 0 radical (unpaired) electrons. The highest BCUT2D eigenvalue weighted by atomic mass is 16.5. The Morgan fingerprint density at radius 2 is 1.79 bits per heavy atom. The Hall–Kier alpha value is -2.49. The number of pyridine rings is 1. The number of H-pyrrole nitrogens is 1. The summed E-state index contributed by atoms with van der Waals surface area (Å²) in [6, 6.07) is 10.3. The summed E-state index contributed by atoms with van der Waals surface area (Å²) in [6.07, 6.45) is 3.51. The molecule has 0 aliphatic carbocycles. The first-order valence-electron chi connectivity index (χ1n) is 6.22. The van der Waals surface area contributed by atoms with E-state index in [2.05, 4.69) is 9.97 Å². The van der Waals surface area contributed by atoms with Crippen LogP contribution in [0.4, 0.5) is 0 Å². The minimum absolute atomic E-state index is 0.221. The Morgan fingerprint density at radius 3 is 2.53 bits per heavy atom. The van der Waals surface area contributed by atoms with E-state index >= 15 is 0 Å². The number of phenols is 1. The summed E-state index contributed by atoms with van der Waals surface area (Å²) in [5.41, 5.74) is 0.793. The molecule has 0 saturated carbocycles. The van der Waals surface area contributed by atoms with Gasteiger partial charge in [-0.2, -0.15) is 0 Å². The number of ether oxygens (including phenoxy) is 1. The first kappa shape index (κ1) is 13.0. The van der Waals surface area contributed by atoms with Gasteiger partial charge in [-0.15, -0.1) is 0 Å². The fourth-order valence-electron chi connectivity index (χ4n) is 1.67. The van der Waals surface area contributed by atoms with Crippen LogP contribution in [-0.4, -0.2) is 15.1 Å². The monoisotopic (exact) mass is 256 g/mol. The van der Waals surface area contributed by atoms with Crippen LogP contribution in [0.3, 0.4) is 0 Å². The van der Waals surface area contributed by atoms with Crippen molar-refractivity contribution >= 4 is 11.0 Å². The topological polar surface area (TPSA) is 58.1 Å². The molecule has 0 aliphatic heterocycles. The molecule has 0 saturated heterocycles. The second-order valence-corrected chi connectivity index (χ2v) is 3.65. The predicted molar refractivity (Wildman–Crippen MR) is 75.6 cm³/mol. The molecule has 0 spiro atoms. The van der Waals surface area contributed by atoms with Crippen molar-refractivity contribution in [3.63, 3.8) is 0 Å². The molecule has 0 unspecified atom stereocenters. The molecule has 19 heavy (non-hydrogen) atoms. The van der Waals surface area contributed by atoms with Gasteiger partial charge in [-0.3, -0.25) is 0 Å². The summed E-state index contributed by atoms with van der Waals surface area (Å²) in [5, 5.41) is 10.1. The Balaban J connectivity index is 0.000000637. The van der Waals surface area contributed by atoms with Gasteiger partial charge in [0, 0.05) is 12.4 Å². The maximum Gasteiger partial charge on any atom is 0.140 e. The molecule has 98 valence electrons. The number of aromatic hydroxyl groups is 1. The van der Waals surface area contributed by atoms with E-state index in [4.69, 9.17) is 4.74 Å². The third-order valence-electron chi connectivity index (χ3n) is 2.48. The van der Waals surface area contributed by atoms with Gasteiger partial charge in [0.25, 0.3) is 0 Å². The lowest BCUT2D eigenvalue weighted by molar-refractivity contribution is 0.466. The number of hydrogen-bond donors (Lipinski definition) is 2. The molecule has 0 atom stereocenters. The quantitative estimate of drug-likeness (QED) is 0.726. The van der Waals surface area contributed by atoms with Gasteiger partial charge in [-0.05, 0) is 36.4 Å². The van der Waals surface area contributed by atoms with Gasteiger partial charge in [-0.25, -0.2) is 4.98 Å². The second-order valence-electron chi connectivity index (χ2n) is 3.65. The van der Waals surface area contributed by atoms with Gasteiger partial charge in [-0.1, -0.05) is 13.8 Å². The number of aromatic amines is 1. The molecule has 0 fully saturated rings. The fourth-order valence-corrected chi connectivity index (χ4v) is 1.67. The van der Waals surface area contributed by atoms with E-state index < -0.39 is 0 Å². The average molecular weight is 256 g/mol. The molecular formula is C15H16N2O2. The van der Waals surface area contributed by atoms with Crippen molar-refractivity contribution in [1.82, 2.24) is 9.97 Å². The summed E-state index contributed by atoms with van der Waals surface area (Å²) >= 11 is 0. The van der Waals surface area contributed by atoms with Gasteiger partial charge in [0.1, 0.15) is 22.9 Å². The summed E-state index contributed by atoms with van der Waals surface area (Å²) in [4.78, 5) is 7.21. The minimum atomic E-state index is 0.221. The highest BCUT2D eigenvalue weighted by Crippen LogP contribution is 2.28. The second kappa shape index (κ2) is 5.91. The Bertz CT molecular complexity index is 645. The number of rotatable bonds is 2. The van der Waals surface area contributed by atoms with Crippen molar-refractivity contribution in [2.75, 3.05) is 0 Å². The van der Waals surface area contributed by atoms with Gasteiger partial charge in [0.15, 0.2) is 0 Å². The van der Waals surface area contributed by atoms with Crippen molar-refractivity contribution < 1.29 is 9.84 Å². The van der Waals surface area contributed by atoms with Crippen molar-refractivity contribution in [3.05, 3.63) is 48.8 Å². The molecule has 0 amide bonds. The minimum Gasteiger partial charge on any atom is -0.508 e. The average Bonchev–Trinajstić information content (AvgIpc) is 2.93. The molecule has 0 aliphatic rings. The van der Waals surface area contributed by atoms with Gasteiger partial charge in [0.2, 0.25) is 0 Å². The Morgan fingerprint density at radius 1 is 1.05 bits per heavy atom. The predicted octanol–water partition coefficient (Wildman–Crippen LogP) is 4.09. The summed E-state index contributed by atoms with van der Waals surface area (Å²) < 4.78 is 5.73. The van der Waals surface area contributed by atoms with Crippen LogP contribution in [0.5, 0.6) is 17.2 Å². The first-order chi connectivity index (χ1) is 9.33. The molecule has 2 N–H and O–H groups in total. The fraction of sp³-hybridized carbons (Fsp3) is 0.133. The molecule has 1 aromatic carbocycles. The van der Waals surface area contributed by atoms with Crippen molar-refractivity contribution in [1.29, 1.82) is 0 Å². The third-order valence-corrected chi connectivity index (χ3v) is 2.48. The van der Waals surface area contributed by atoms with E-state index in [0.717, 1.165) is 16.8 Å². The SMILES string of the molecule is CC.Oc1ccc(Oc2ccnc3[nH]ccc23)cc1. The van der Waals surface area contributed by atoms with Crippen LogP contribution in [0.1, 0.15) is 13.8 Å². The van der Waals surface area contributed by atoms with Crippen LogP contribution in [0.15, 0.2) is 48.8 Å². The highest BCUT2D eigenvalue weighted by molar-refractivity contribution is 5.82. The van der Waals surface area contributed by atoms with Gasteiger partial charge >= 0.3 is 0 Å². The van der Waals surface area contributed by atoms with E-state index in [-0.39, 0.29) is 5.75 Å². The van der Waals surface area contributed by atoms with Gasteiger partial charge in [0.05, 0.1) is 5.39 Å². The third kappa shape index (κ3) is 2.85. The summed E-state index contributed by atoms with van der Waals surface area (Å²) in [7, 11) is 0. The number of phenolic OH excluding ortho intramolecular Hbond substituents is 1. The molecule has 3 rings (SSSR count). The largest absolute Gasteiger partial charge is 0.508 e. The summed E-state index contributed by atoms with van der Waals surface area (Å²) in [6.45, 7) is 4.00. The molecular weight excluding hydrogens is 240 g/mol. The van der Waals surface area contributed by atoms with E-state index in [1.54, 1.807) is 30.5 Å². The van der Waals surface area contributed by atoms with E-state index in [1.807, 2.05) is 32.2 Å². The van der Waals surface area contributed by atoms with Crippen LogP contribution < -0.4 is 4.74 Å². The van der Waals surface area contributed by atoms with Crippen LogP contribution in [0, 0.1) is 0 Å². The standard InChI is InChI=1S/C13H10N2O2.C2H6/c16-9-1-3-10(4-2-9)17-12-6-8-15-13-11(12)5-7-14-13;1-2/h1-8,16H,(H,14,15);1-2H3. The maximum atomic E-state index is 9.19. The molecule has 3 aromatic rings. The van der Waals surface area contributed by atoms with Crippen molar-refractivity contribution in [2.24, 2.45) is 0 Å². The molecule has 0 bridgehead atoms. The number of nitrogens with one attached hydrogen (secondary N) is 1. The zero-order chi connectivity index (χ0) is 13.7. The Labute approximate surface area is 111 Å². The van der Waals surface area contributed by atoms with Gasteiger partial charge < -0.3 is 14.8 Å². The molecule has 2 aromatic heterocycles. The zero-order valence-electron chi connectivity index (χ0n) is 10.9. The van der Waals surface area contributed by atoms with Crippen molar-refractivity contribution in [2.45, 2.75) is 13.8 Å². The Kier molecular flexibility index (Phi) is 4.03. The highest BCUT2D eigenvalue weighted by Gasteiger charge is 2.04. The van der Waals surface area contributed by atoms with Crippen LogP contribution >= 0.6 is 0 Å². The van der Waals surface area contributed by atoms with Crippen LogP contribution in [0.25, 0.3) is 11.0 Å². The zero-order valence-corrected chi connectivity index (χ0v) is 10.9. The maximum absolute atomic E-state index is 9.19. The van der Waals surface area contributed by atoms with E-state index in [0.29, 0.717) is 5.75 Å². The first-order valence-corrected chi connectivity index (χ1v) is 6.22. The lowest BCUT2D eigenvalue weighted by Gasteiger charge is -2.06. The molecule has 4 nitrogen and oxygen atoms in total. The lowest BCUT2D eigenvalue weighted by Crippen LogP contribution is -1.85. The normalized spacial score (nSPS) is 9.79. The lowest BCUT2D eigenvalue weighted by atomic mass is 10.3. The van der Waals surface area contributed by atoms with E-state index in [9.17, 15) is 5.11 Å². The number of benzene rings is 1. The number of hydrogen-bond acceptors (Lipinski definition) is 3. The van der Waals surface area contributed by atoms with E-state index in [1.165, 1.54) is 0 Å².